The normalized spacial score (nSPS) is 11.8. The minimum Gasteiger partial charge on any atom is -0.389 e. The van der Waals surface area contributed by atoms with Gasteiger partial charge in [-0.25, -0.2) is 13.4 Å². The first-order valence-electron chi connectivity index (χ1n) is 3.50. The molecule has 0 spiro atoms. The van der Waals surface area contributed by atoms with Gasteiger partial charge >= 0.3 is 0 Å². The fraction of sp³-hybridized carbons (Fsp3) is 0.500. The van der Waals surface area contributed by atoms with Gasteiger partial charge in [-0.15, -0.1) is 0 Å². The molecule has 0 aliphatic rings. The fourth-order valence-electron chi connectivity index (χ4n) is 0.770. The Bertz CT molecular complexity index is 355. The maximum absolute atomic E-state index is 11.3. The topological polar surface area (TPSA) is 73.0 Å². The number of nitrogens with two attached hydrogens (primary N) is 1. The van der Waals surface area contributed by atoms with Crippen LogP contribution in [-0.2, 0) is 9.84 Å². The Hall–Kier alpha value is -0.620. The highest BCUT2D eigenvalue weighted by Crippen LogP contribution is 2.20. The van der Waals surface area contributed by atoms with Crippen molar-refractivity contribution >= 4 is 26.2 Å². The molecule has 1 heterocycles. The highest BCUT2D eigenvalue weighted by molar-refractivity contribution is 7.93. The first-order valence-corrected chi connectivity index (χ1v) is 5.97. The summed E-state index contributed by atoms with van der Waals surface area (Å²) >= 11 is 1.01. The van der Waals surface area contributed by atoms with E-state index in [9.17, 15) is 8.42 Å². The summed E-state index contributed by atoms with van der Waals surface area (Å²) < 4.78 is 22.8. The van der Waals surface area contributed by atoms with Gasteiger partial charge < -0.3 is 5.73 Å². The average Bonchev–Trinajstić information content (AvgIpc) is 2.36. The lowest BCUT2D eigenvalue weighted by Crippen LogP contribution is -2.04. The van der Waals surface area contributed by atoms with Gasteiger partial charge in [-0.05, 0) is 6.42 Å². The van der Waals surface area contributed by atoms with Crippen molar-refractivity contribution in [1.29, 1.82) is 0 Å². The van der Waals surface area contributed by atoms with E-state index in [0.29, 0.717) is 11.4 Å². The lowest BCUT2D eigenvalue weighted by Gasteiger charge is -1.94. The van der Waals surface area contributed by atoms with Crippen LogP contribution in [0.3, 0.4) is 0 Å². The Kier molecular flexibility index (Phi) is 2.69. The molecule has 0 unspecified atom stereocenters. The van der Waals surface area contributed by atoms with Crippen LogP contribution >= 0.6 is 11.3 Å². The van der Waals surface area contributed by atoms with E-state index in [2.05, 4.69) is 4.98 Å². The van der Waals surface area contributed by atoms with Gasteiger partial charge in [0, 0.05) is 0 Å². The third kappa shape index (κ3) is 1.95. The van der Waals surface area contributed by atoms with Crippen molar-refractivity contribution in [2.75, 3.05) is 11.5 Å². The SMILES string of the molecule is CCCS(=O)(=O)c1ncc(N)s1. The monoisotopic (exact) mass is 206 g/mol. The smallest absolute Gasteiger partial charge is 0.211 e. The first kappa shape index (κ1) is 9.47. The number of anilines is 1. The van der Waals surface area contributed by atoms with E-state index in [0.717, 1.165) is 11.3 Å². The lowest BCUT2D eigenvalue weighted by atomic mass is 10.6. The number of hydrogen-bond acceptors (Lipinski definition) is 5. The third-order valence-corrected chi connectivity index (χ3v) is 4.46. The summed E-state index contributed by atoms with van der Waals surface area (Å²) in [7, 11) is -3.16. The van der Waals surface area contributed by atoms with Crippen LogP contribution in [0.1, 0.15) is 13.3 Å². The Morgan fingerprint density at radius 1 is 1.67 bits per heavy atom. The zero-order chi connectivity index (χ0) is 9.19. The summed E-state index contributed by atoms with van der Waals surface area (Å²) in [6, 6.07) is 0. The van der Waals surface area contributed by atoms with E-state index in [-0.39, 0.29) is 10.1 Å². The largest absolute Gasteiger partial charge is 0.389 e. The lowest BCUT2D eigenvalue weighted by molar-refractivity contribution is 0.594. The molecule has 12 heavy (non-hydrogen) atoms. The van der Waals surface area contributed by atoms with Gasteiger partial charge in [0.1, 0.15) is 5.00 Å². The van der Waals surface area contributed by atoms with Gasteiger partial charge in [0.05, 0.1) is 11.9 Å². The quantitative estimate of drug-likeness (QED) is 0.797. The maximum Gasteiger partial charge on any atom is 0.211 e. The number of rotatable bonds is 3. The van der Waals surface area contributed by atoms with Gasteiger partial charge in [0.2, 0.25) is 14.2 Å². The molecule has 0 saturated carbocycles. The number of thiazole rings is 1. The van der Waals surface area contributed by atoms with Crippen molar-refractivity contribution in [3.05, 3.63) is 6.20 Å². The van der Waals surface area contributed by atoms with Crippen molar-refractivity contribution in [2.24, 2.45) is 0 Å². The molecule has 2 N–H and O–H groups in total. The minimum absolute atomic E-state index is 0.127. The Balaban J connectivity index is 2.98. The number of aromatic nitrogens is 1. The molecule has 0 aliphatic heterocycles. The molecule has 0 aliphatic carbocycles. The summed E-state index contributed by atoms with van der Waals surface area (Å²) in [6.45, 7) is 1.81. The van der Waals surface area contributed by atoms with Crippen LogP contribution in [0.5, 0.6) is 0 Å². The molecule has 0 bridgehead atoms. The van der Waals surface area contributed by atoms with Crippen molar-refractivity contribution in [1.82, 2.24) is 4.98 Å². The molecule has 0 fully saturated rings. The maximum atomic E-state index is 11.3. The zero-order valence-electron chi connectivity index (χ0n) is 6.65. The zero-order valence-corrected chi connectivity index (χ0v) is 8.28. The van der Waals surface area contributed by atoms with E-state index in [1.807, 2.05) is 6.92 Å². The van der Waals surface area contributed by atoms with E-state index < -0.39 is 9.84 Å². The van der Waals surface area contributed by atoms with Crippen molar-refractivity contribution < 1.29 is 8.42 Å². The van der Waals surface area contributed by atoms with Gasteiger partial charge in [-0.2, -0.15) is 0 Å². The fourth-order valence-corrected chi connectivity index (χ4v) is 3.15. The standard InChI is InChI=1S/C6H10N2O2S2/c1-2-3-12(9,10)6-8-4-5(7)11-6/h4H,2-3,7H2,1H3. The van der Waals surface area contributed by atoms with Crippen LogP contribution in [0.15, 0.2) is 10.5 Å². The van der Waals surface area contributed by atoms with Crippen molar-refractivity contribution in [3.8, 4) is 0 Å². The second kappa shape index (κ2) is 3.40. The van der Waals surface area contributed by atoms with Crippen molar-refractivity contribution in [3.63, 3.8) is 0 Å². The molecule has 6 heteroatoms. The van der Waals surface area contributed by atoms with Crippen LogP contribution in [0, 0.1) is 0 Å². The molecular formula is C6H10N2O2S2. The average molecular weight is 206 g/mol. The molecule has 0 saturated heterocycles. The van der Waals surface area contributed by atoms with E-state index >= 15 is 0 Å². The summed E-state index contributed by atoms with van der Waals surface area (Å²) in [5.74, 6) is 0.139. The first-order chi connectivity index (χ1) is 5.56. The second-order valence-electron chi connectivity index (χ2n) is 2.35. The van der Waals surface area contributed by atoms with Crippen LogP contribution < -0.4 is 5.73 Å². The van der Waals surface area contributed by atoms with Crippen LogP contribution in [-0.4, -0.2) is 19.2 Å². The Morgan fingerprint density at radius 3 is 2.75 bits per heavy atom. The van der Waals surface area contributed by atoms with Crippen molar-refractivity contribution in [2.45, 2.75) is 17.7 Å². The predicted octanol–water partition coefficient (Wildman–Crippen LogP) is 0.909. The third-order valence-electron chi connectivity index (χ3n) is 1.24. The van der Waals surface area contributed by atoms with Gasteiger partial charge in [0.15, 0.2) is 0 Å². The molecule has 0 radical (unpaired) electrons. The molecule has 1 aromatic heterocycles. The Morgan fingerprint density at radius 2 is 2.33 bits per heavy atom. The number of nitrogens with zero attached hydrogens (tertiary/aromatic N) is 1. The molecule has 0 aromatic carbocycles. The second-order valence-corrected chi connectivity index (χ2v) is 5.69. The van der Waals surface area contributed by atoms with E-state index in [1.165, 1.54) is 6.20 Å². The number of sulfone groups is 1. The molecule has 1 aromatic rings. The molecular weight excluding hydrogens is 196 g/mol. The molecule has 1 rings (SSSR count). The summed E-state index contributed by atoms with van der Waals surface area (Å²) in [4.78, 5) is 3.71. The van der Waals surface area contributed by atoms with Crippen LogP contribution in [0.4, 0.5) is 5.00 Å². The summed E-state index contributed by atoms with van der Waals surface area (Å²) in [6.07, 6.45) is 1.97. The van der Waals surface area contributed by atoms with E-state index in [4.69, 9.17) is 5.73 Å². The molecule has 4 nitrogen and oxygen atoms in total. The predicted molar refractivity (Wildman–Crippen MR) is 48.9 cm³/mol. The van der Waals surface area contributed by atoms with Crippen LogP contribution in [0.2, 0.25) is 0 Å². The number of hydrogen-bond donors (Lipinski definition) is 1. The van der Waals surface area contributed by atoms with Gasteiger partial charge in [-0.3, -0.25) is 0 Å². The minimum atomic E-state index is -3.16. The highest BCUT2D eigenvalue weighted by atomic mass is 32.2. The Labute approximate surface area is 75.4 Å². The number of nitrogen functional groups attached to an aromatic ring is 1. The molecule has 68 valence electrons. The molecule has 0 amide bonds. The summed E-state index contributed by atoms with van der Waals surface area (Å²) in [5, 5.41) is 0.435. The van der Waals surface area contributed by atoms with Crippen LogP contribution in [0.25, 0.3) is 0 Å². The highest BCUT2D eigenvalue weighted by Gasteiger charge is 2.16. The molecule has 0 atom stereocenters. The summed E-state index contributed by atoms with van der Waals surface area (Å²) in [5.41, 5.74) is 5.36. The van der Waals surface area contributed by atoms with Gasteiger partial charge in [0.25, 0.3) is 0 Å². The van der Waals surface area contributed by atoms with Gasteiger partial charge in [-0.1, -0.05) is 18.3 Å². The van der Waals surface area contributed by atoms with E-state index in [1.54, 1.807) is 0 Å².